The van der Waals surface area contributed by atoms with E-state index < -0.39 is 10.8 Å². The normalized spacial score (nSPS) is 10.3. The van der Waals surface area contributed by atoms with Crippen LogP contribution in [0.5, 0.6) is 0 Å². The molecule has 7 nitrogen and oxygen atoms in total. The minimum Gasteiger partial charge on any atom is -0.305 e. The Labute approximate surface area is 122 Å². The number of aromatic amines is 1. The van der Waals surface area contributed by atoms with Crippen molar-refractivity contribution in [1.82, 2.24) is 10.2 Å². The third-order valence-electron chi connectivity index (χ3n) is 2.66. The van der Waals surface area contributed by atoms with Crippen LogP contribution in [0, 0.1) is 10.1 Å². The van der Waals surface area contributed by atoms with Crippen molar-refractivity contribution in [2.75, 3.05) is 5.32 Å². The molecule has 1 aromatic carbocycles. The van der Waals surface area contributed by atoms with Crippen molar-refractivity contribution in [2.24, 2.45) is 0 Å². The molecule has 104 valence electrons. The van der Waals surface area contributed by atoms with Crippen molar-refractivity contribution in [3.05, 3.63) is 50.1 Å². The van der Waals surface area contributed by atoms with Gasteiger partial charge in [0.25, 0.3) is 11.6 Å². The lowest BCUT2D eigenvalue weighted by molar-refractivity contribution is -0.385. The van der Waals surface area contributed by atoms with Crippen molar-refractivity contribution >= 4 is 33.3 Å². The molecular formula is C12H11BrN4O3. The van der Waals surface area contributed by atoms with E-state index in [2.05, 4.69) is 31.4 Å². The first-order chi connectivity index (χ1) is 9.51. The van der Waals surface area contributed by atoms with Crippen LogP contribution in [-0.4, -0.2) is 21.0 Å². The molecule has 8 heteroatoms. The molecule has 0 bridgehead atoms. The van der Waals surface area contributed by atoms with Gasteiger partial charge in [0.05, 0.1) is 9.40 Å². The van der Waals surface area contributed by atoms with Gasteiger partial charge in [-0.1, -0.05) is 6.92 Å². The van der Waals surface area contributed by atoms with Gasteiger partial charge in [-0.2, -0.15) is 5.10 Å². The second-order valence-electron chi connectivity index (χ2n) is 4.01. The van der Waals surface area contributed by atoms with Gasteiger partial charge in [-0.05, 0) is 34.5 Å². The summed E-state index contributed by atoms with van der Waals surface area (Å²) in [6, 6.07) is 5.90. The Kier molecular flexibility index (Phi) is 4.14. The number of nitrogens with one attached hydrogen (secondary N) is 2. The number of H-pyrrole nitrogens is 1. The number of hydrogen-bond donors (Lipinski definition) is 2. The second kappa shape index (κ2) is 5.83. The molecule has 0 aliphatic rings. The number of nitro groups is 1. The Hall–Kier alpha value is -2.22. The summed E-state index contributed by atoms with van der Waals surface area (Å²) in [5, 5.41) is 20.1. The molecular weight excluding hydrogens is 328 g/mol. The summed E-state index contributed by atoms with van der Waals surface area (Å²) in [4.78, 5) is 22.3. The fourth-order valence-electron chi connectivity index (χ4n) is 1.59. The lowest BCUT2D eigenvalue weighted by Crippen LogP contribution is -2.12. The van der Waals surface area contributed by atoms with Gasteiger partial charge in [0.15, 0.2) is 5.82 Å². The first kappa shape index (κ1) is 14.2. The number of nitrogens with zero attached hydrogens (tertiary/aromatic N) is 2. The Morgan fingerprint density at radius 3 is 2.85 bits per heavy atom. The van der Waals surface area contributed by atoms with Crippen LogP contribution < -0.4 is 5.32 Å². The highest BCUT2D eigenvalue weighted by molar-refractivity contribution is 9.10. The molecule has 20 heavy (non-hydrogen) atoms. The Balaban J connectivity index is 2.21. The van der Waals surface area contributed by atoms with Gasteiger partial charge in [0.2, 0.25) is 0 Å². The third kappa shape index (κ3) is 3.02. The van der Waals surface area contributed by atoms with E-state index in [0.29, 0.717) is 10.3 Å². The van der Waals surface area contributed by atoms with E-state index in [1.54, 1.807) is 6.07 Å². The minimum absolute atomic E-state index is 0.158. The molecule has 0 saturated heterocycles. The van der Waals surface area contributed by atoms with E-state index in [1.165, 1.54) is 18.2 Å². The first-order valence-electron chi connectivity index (χ1n) is 5.81. The molecule has 2 rings (SSSR count). The van der Waals surface area contributed by atoms with Gasteiger partial charge in [-0.3, -0.25) is 20.0 Å². The summed E-state index contributed by atoms with van der Waals surface area (Å²) < 4.78 is 0.326. The Morgan fingerprint density at radius 1 is 1.50 bits per heavy atom. The molecule has 1 amide bonds. The van der Waals surface area contributed by atoms with Crippen LogP contribution in [-0.2, 0) is 6.42 Å². The van der Waals surface area contributed by atoms with Crippen LogP contribution in [0.2, 0.25) is 0 Å². The average Bonchev–Trinajstić information content (AvgIpc) is 2.86. The lowest BCUT2D eigenvalue weighted by atomic mass is 10.2. The Morgan fingerprint density at radius 2 is 2.25 bits per heavy atom. The zero-order valence-corrected chi connectivity index (χ0v) is 12.1. The highest BCUT2D eigenvalue weighted by atomic mass is 79.9. The van der Waals surface area contributed by atoms with Gasteiger partial charge in [-0.15, -0.1) is 0 Å². The lowest BCUT2D eigenvalue weighted by Gasteiger charge is -2.02. The number of halogens is 1. The van der Waals surface area contributed by atoms with Crippen molar-refractivity contribution in [3.63, 3.8) is 0 Å². The fraction of sp³-hybridized carbons (Fsp3) is 0.167. The maximum atomic E-state index is 12.0. The number of amides is 1. The van der Waals surface area contributed by atoms with E-state index in [1.807, 2.05) is 6.92 Å². The smallest absolute Gasteiger partial charge is 0.284 e. The Bertz CT molecular complexity index is 668. The first-order valence-corrected chi connectivity index (χ1v) is 6.60. The van der Waals surface area contributed by atoms with Crippen molar-refractivity contribution in [2.45, 2.75) is 13.3 Å². The summed E-state index contributed by atoms with van der Waals surface area (Å²) >= 11 is 3.07. The number of anilines is 1. The fourth-order valence-corrected chi connectivity index (χ4v) is 1.98. The van der Waals surface area contributed by atoms with E-state index in [-0.39, 0.29) is 11.3 Å². The molecule has 0 unspecified atom stereocenters. The molecule has 1 heterocycles. The number of hydrogen-bond acceptors (Lipinski definition) is 4. The van der Waals surface area contributed by atoms with Gasteiger partial charge >= 0.3 is 0 Å². The summed E-state index contributed by atoms with van der Waals surface area (Å²) in [7, 11) is 0. The quantitative estimate of drug-likeness (QED) is 0.660. The molecule has 0 aliphatic carbocycles. The zero-order valence-electron chi connectivity index (χ0n) is 10.5. The topological polar surface area (TPSA) is 101 Å². The van der Waals surface area contributed by atoms with E-state index in [9.17, 15) is 14.9 Å². The molecule has 0 spiro atoms. The van der Waals surface area contributed by atoms with Crippen LogP contribution in [0.1, 0.15) is 23.0 Å². The highest BCUT2D eigenvalue weighted by Crippen LogP contribution is 2.25. The molecule has 0 atom stereocenters. The SMILES string of the molecule is CCc1cc(NC(=O)c2ccc(Br)c([N+](=O)[O-])c2)n[nH]1. The van der Waals surface area contributed by atoms with E-state index >= 15 is 0 Å². The maximum absolute atomic E-state index is 12.0. The predicted octanol–water partition coefficient (Wildman–Crippen LogP) is 2.90. The summed E-state index contributed by atoms with van der Waals surface area (Å²) in [6.07, 6.45) is 0.770. The highest BCUT2D eigenvalue weighted by Gasteiger charge is 2.16. The molecule has 0 saturated carbocycles. The number of nitro benzene ring substituents is 1. The summed E-state index contributed by atoms with van der Waals surface area (Å²) in [5.74, 6) is -0.0628. The number of aryl methyl sites for hydroxylation is 1. The van der Waals surface area contributed by atoms with Crippen LogP contribution in [0.3, 0.4) is 0 Å². The summed E-state index contributed by atoms with van der Waals surface area (Å²) in [6.45, 7) is 1.96. The number of benzene rings is 1. The number of rotatable bonds is 4. The van der Waals surface area contributed by atoms with E-state index in [4.69, 9.17) is 0 Å². The monoisotopic (exact) mass is 338 g/mol. The van der Waals surface area contributed by atoms with Crippen molar-refractivity contribution in [3.8, 4) is 0 Å². The maximum Gasteiger partial charge on any atom is 0.284 e. The van der Waals surface area contributed by atoms with Crippen LogP contribution in [0.4, 0.5) is 11.5 Å². The third-order valence-corrected chi connectivity index (χ3v) is 3.33. The van der Waals surface area contributed by atoms with Gasteiger partial charge in [-0.25, -0.2) is 0 Å². The van der Waals surface area contributed by atoms with Crippen LogP contribution in [0.15, 0.2) is 28.7 Å². The standard InChI is InChI=1S/C12H11BrN4O3/c1-2-8-6-11(16-15-8)14-12(18)7-3-4-9(13)10(5-7)17(19)20/h3-6H,2H2,1H3,(H2,14,15,16,18). The molecule has 2 N–H and O–H groups in total. The zero-order chi connectivity index (χ0) is 14.7. The largest absolute Gasteiger partial charge is 0.305 e. The second-order valence-corrected chi connectivity index (χ2v) is 4.86. The van der Waals surface area contributed by atoms with Gasteiger partial charge in [0.1, 0.15) is 0 Å². The van der Waals surface area contributed by atoms with E-state index in [0.717, 1.165) is 12.1 Å². The molecule has 0 aliphatic heterocycles. The number of carbonyl (C=O) groups excluding carboxylic acids is 1. The predicted molar refractivity (Wildman–Crippen MR) is 76.7 cm³/mol. The molecule has 2 aromatic rings. The van der Waals surface area contributed by atoms with Gasteiger partial charge in [0, 0.05) is 23.4 Å². The van der Waals surface area contributed by atoms with Crippen molar-refractivity contribution < 1.29 is 9.72 Å². The molecule has 0 radical (unpaired) electrons. The molecule has 0 fully saturated rings. The number of aromatic nitrogens is 2. The van der Waals surface area contributed by atoms with Crippen molar-refractivity contribution in [1.29, 1.82) is 0 Å². The molecule has 1 aromatic heterocycles. The van der Waals surface area contributed by atoms with Crippen LogP contribution in [0.25, 0.3) is 0 Å². The average molecular weight is 339 g/mol. The summed E-state index contributed by atoms with van der Waals surface area (Å²) in [5.41, 5.74) is 0.928. The van der Waals surface area contributed by atoms with Gasteiger partial charge < -0.3 is 5.32 Å². The minimum atomic E-state index is -0.551. The van der Waals surface area contributed by atoms with Crippen LogP contribution >= 0.6 is 15.9 Å². The number of carbonyl (C=O) groups is 1.